The predicted octanol–water partition coefficient (Wildman–Crippen LogP) is 5.86. The molecular weight excluding hydrogens is 973 g/mol. The minimum absolute atomic E-state index is 0.132. The van der Waals surface area contributed by atoms with Crippen LogP contribution in [0.5, 0.6) is 11.5 Å². The zero-order valence-corrected chi connectivity index (χ0v) is 44.6. The van der Waals surface area contributed by atoms with Crippen LogP contribution in [0.3, 0.4) is 0 Å². The number of phenols is 2. The quantitative estimate of drug-likeness (QED) is 0.0242. The average molecular weight is 1040 g/mol. The van der Waals surface area contributed by atoms with Crippen molar-refractivity contribution >= 4 is 59.0 Å². The molecule has 0 radical (unpaired) electrons. The number of aromatic hydroxyl groups is 2. The first kappa shape index (κ1) is 58.7. The first-order chi connectivity index (χ1) is 35.0. The smallest absolute Gasteiger partial charge is 0.407 e. The molecule has 5 aromatic rings. The van der Waals surface area contributed by atoms with Gasteiger partial charge in [-0.15, -0.1) is 11.3 Å². The largest absolute Gasteiger partial charge is 0.508 e. The molecule has 398 valence electrons. The highest BCUT2D eigenvalue weighted by Gasteiger charge is 2.28. The van der Waals surface area contributed by atoms with E-state index in [1.54, 1.807) is 78.1 Å². The zero-order chi connectivity index (χ0) is 54.7. The summed E-state index contributed by atoms with van der Waals surface area (Å²) in [5, 5.41) is 38.1. The third kappa shape index (κ3) is 18.3. The van der Waals surface area contributed by atoms with Crippen LogP contribution in [0.15, 0.2) is 53.9 Å². The van der Waals surface area contributed by atoms with Crippen molar-refractivity contribution in [3.63, 3.8) is 0 Å². The Labute approximate surface area is 435 Å². The molecule has 2 atom stereocenters. The van der Waals surface area contributed by atoms with Gasteiger partial charge in [0.15, 0.2) is 0 Å². The van der Waals surface area contributed by atoms with Gasteiger partial charge in [0, 0.05) is 19.6 Å². The van der Waals surface area contributed by atoms with E-state index < -0.39 is 47.5 Å². The highest BCUT2D eigenvalue weighted by molar-refractivity contribution is 7.12. The molecule has 21 nitrogen and oxygen atoms in total. The fraction of sp³-hybridized carbons (Fsp3) is 0.423. The van der Waals surface area contributed by atoms with E-state index in [0.29, 0.717) is 52.6 Å². The zero-order valence-electron chi connectivity index (χ0n) is 43.8. The summed E-state index contributed by atoms with van der Waals surface area (Å²) in [5.41, 5.74) is 5.27. The molecule has 0 bridgehead atoms. The van der Waals surface area contributed by atoms with Crippen molar-refractivity contribution in [2.75, 3.05) is 51.0 Å². The van der Waals surface area contributed by atoms with Crippen molar-refractivity contribution in [2.45, 2.75) is 106 Å². The Morgan fingerprint density at radius 1 is 0.608 bits per heavy atom. The topological polar surface area (TPSA) is 294 Å². The molecule has 0 aliphatic rings. The van der Waals surface area contributed by atoms with Crippen molar-refractivity contribution in [3.8, 4) is 11.5 Å². The number of phenolic OH excluding ortho intramolecular Hbond substituents is 2. The number of aryl methyl sites for hydroxylation is 8. The molecule has 2 aromatic carbocycles. The molecule has 8 N–H and O–H groups in total. The van der Waals surface area contributed by atoms with Crippen LogP contribution in [0.2, 0.25) is 0 Å². The van der Waals surface area contributed by atoms with Gasteiger partial charge in [0.05, 0.1) is 59.5 Å². The number of carbonyl (C=O) groups excluding carboxylic acids is 6. The number of aromatic nitrogens is 4. The Bertz CT molecular complexity index is 2720. The van der Waals surface area contributed by atoms with Crippen LogP contribution in [-0.2, 0) is 36.6 Å². The lowest BCUT2D eigenvalue weighted by Crippen LogP contribution is -2.50. The number of carbonyl (C=O) groups is 6. The molecule has 0 saturated carbocycles. The Morgan fingerprint density at radius 3 is 1.39 bits per heavy atom. The third-order valence-electron chi connectivity index (χ3n) is 11.0. The lowest BCUT2D eigenvalue weighted by Gasteiger charge is -2.22. The Hall–Kier alpha value is -7.88. The van der Waals surface area contributed by atoms with Crippen molar-refractivity contribution in [1.29, 1.82) is 0 Å². The van der Waals surface area contributed by atoms with E-state index in [-0.39, 0.29) is 41.6 Å². The van der Waals surface area contributed by atoms with Gasteiger partial charge in [-0.2, -0.15) is 0 Å². The van der Waals surface area contributed by atoms with Gasteiger partial charge in [-0.3, -0.25) is 14.4 Å². The fourth-order valence-corrected chi connectivity index (χ4v) is 7.82. The number of nitrogens with one attached hydrogen (secondary N) is 6. The van der Waals surface area contributed by atoms with Crippen LogP contribution >= 0.6 is 11.3 Å². The molecule has 0 unspecified atom stereocenters. The van der Waals surface area contributed by atoms with E-state index in [9.17, 15) is 39.0 Å². The summed E-state index contributed by atoms with van der Waals surface area (Å²) < 4.78 is 14.7. The monoisotopic (exact) mass is 1040 g/mol. The minimum Gasteiger partial charge on any atom is -0.508 e. The van der Waals surface area contributed by atoms with Gasteiger partial charge in [0.1, 0.15) is 29.2 Å². The van der Waals surface area contributed by atoms with E-state index in [4.69, 9.17) is 14.2 Å². The van der Waals surface area contributed by atoms with E-state index in [1.165, 1.54) is 25.6 Å². The van der Waals surface area contributed by atoms with Crippen LogP contribution in [0.1, 0.15) is 109 Å². The summed E-state index contributed by atoms with van der Waals surface area (Å²) in [4.78, 5) is 92.7. The second kappa shape index (κ2) is 27.8. The van der Waals surface area contributed by atoms with Gasteiger partial charge in [-0.1, -0.05) is 30.3 Å². The third-order valence-corrected chi connectivity index (χ3v) is 11.9. The minimum atomic E-state index is -1.14. The Balaban J connectivity index is 0.000000320. The SMILES string of the molecule is COC(=O)[C@H](CNC(=O)OC(C)(C)C)NC(=O)c1c(C)nc(NCCCc2ccc(C)c(O)c2)nc1C.COC(=O)[C@H](CNC(=O)c1cccs1)NC(=O)c1c(C)nc(NCCCc2ccc(C)c(O)c2)nc1C. The average Bonchev–Trinajstić information content (AvgIpc) is 3.88. The summed E-state index contributed by atoms with van der Waals surface area (Å²) in [6, 6.07) is 12.5. The molecule has 4 amide bonds. The molecule has 5 rings (SSSR count). The number of rotatable bonds is 21. The normalized spacial score (nSPS) is 11.7. The number of alkyl carbamates (subject to hydrolysis) is 1. The molecule has 3 aromatic heterocycles. The highest BCUT2D eigenvalue weighted by atomic mass is 32.1. The van der Waals surface area contributed by atoms with E-state index in [1.807, 2.05) is 38.1 Å². The summed E-state index contributed by atoms with van der Waals surface area (Å²) in [5.74, 6) is -1.51. The van der Waals surface area contributed by atoms with Gasteiger partial charge in [-0.25, -0.2) is 34.3 Å². The van der Waals surface area contributed by atoms with Crippen LogP contribution < -0.4 is 31.9 Å². The number of methoxy groups -OCH3 is 2. The van der Waals surface area contributed by atoms with Gasteiger partial charge in [0.2, 0.25) is 11.9 Å². The molecule has 22 heteroatoms. The number of nitrogens with zero attached hydrogens (tertiary/aromatic N) is 4. The lowest BCUT2D eigenvalue weighted by molar-refractivity contribution is -0.143. The first-order valence-electron chi connectivity index (χ1n) is 23.8. The fourth-order valence-electron chi connectivity index (χ4n) is 7.18. The number of anilines is 2. The van der Waals surface area contributed by atoms with Crippen molar-refractivity contribution in [1.82, 2.24) is 41.2 Å². The number of hydrogen-bond donors (Lipinski definition) is 8. The first-order valence-corrected chi connectivity index (χ1v) is 24.7. The Morgan fingerprint density at radius 2 is 1.03 bits per heavy atom. The number of hydrogen-bond acceptors (Lipinski definition) is 18. The predicted molar refractivity (Wildman–Crippen MR) is 280 cm³/mol. The molecule has 0 aliphatic heterocycles. The van der Waals surface area contributed by atoms with Crippen molar-refractivity contribution < 1.29 is 53.2 Å². The van der Waals surface area contributed by atoms with Crippen LogP contribution in [0.4, 0.5) is 16.7 Å². The van der Waals surface area contributed by atoms with Crippen LogP contribution in [-0.4, -0.2) is 124 Å². The molecule has 0 fully saturated rings. The molecular formula is C52H68N10O11S. The van der Waals surface area contributed by atoms with Gasteiger partial charge >= 0.3 is 18.0 Å². The number of thiophene rings is 1. The van der Waals surface area contributed by atoms with Gasteiger partial charge in [-0.05, 0) is 134 Å². The number of amides is 4. The number of ether oxygens (including phenoxy) is 3. The van der Waals surface area contributed by atoms with Gasteiger partial charge < -0.3 is 56.3 Å². The molecule has 0 spiro atoms. The lowest BCUT2D eigenvalue weighted by atomic mass is 10.1. The molecule has 0 aliphatic carbocycles. The standard InChI is InChI=1S/C26H37N5O6.C26H31N5O5S/c1-15-10-11-18(13-20(15)32)9-8-12-27-24-29-16(2)21(17(3)30-24)22(33)31-19(23(34)36-7)14-28-25(35)37-26(4,5)6;1-15-9-10-18(13-20(15)32)7-5-11-27-26-29-16(2)22(17(3)30-26)24(34)31-19(25(35)36-4)14-28-23(33)21-8-6-12-37-21/h10-11,13,19,32H,8-9,12,14H2,1-7H3,(H,28,35)(H,31,33)(H,27,29,30);6,8-10,12-13,19,32H,5,7,11,14H2,1-4H3,(H,28,33)(H,31,34)(H,27,29,30)/t2*19-/m00/s1. The summed E-state index contributed by atoms with van der Waals surface area (Å²) in [6.45, 7) is 16.4. The van der Waals surface area contributed by atoms with Crippen LogP contribution in [0, 0.1) is 41.5 Å². The number of benzene rings is 2. The summed E-state index contributed by atoms with van der Waals surface area (Å²) >= 11 is 1.27. The second-order valence-electron chi connectivity index (χ2n) is 18.2. The number of esters is 2. The van der Waals surface area contributed by atoms with Crippen molar-refractivity contribution in [2.24, 2.45) is 0 Å². The maximum absolute atomic E-state index is 13.0. The maximum Gasteiger partial charge on any atom is 0.407 e. The van der Waals surface area contributed by atoms with Crippen molar-refractivity contribution in [3.05, 3.63) is 115 Å². The van der Waals surface area contributed by atoms with E-state index in [2.05, 4.69) is 51.8 Å². The summed E-state index contributed by atoms with van der Waals surface area (Å²) in [6.07, 6.45) is 2.41. The molecule has 3 heterocycles. The maximum atomic E-state index is 13.0. The molecule has 74 heavy (non-hydrogen) atoms. The Kier molecular flexibility index (Phi) is 22.1. The van der Waals surface area contributed by atoms with E-state index in [0.717, 1.165) is 47.9 Å². The highest BCUT2D eigenvalue weighted by Crippen LogP contribution is 2.21. The van der Waals surface area contributed by atoms with Crippen LogP contribution in [0.25, 0.3) is 0 Å². The van der Waals surface area contributed by atoms with E-state index >= 15 is 0 Å². The summed E-state index contributed by atoms with van der Waals surface area (Å²) in [7, 11) is 2.40. The van der Waals surface area contributed by atoms with Gasteiger partial charge in [0.25, 0.3) is 17.7 Å². The molecule has 0 saturated heterocycles. The second-order valence-corrected chi connectivity index (χ2v) is 19.1.